The third kappa shape index (κ3) is 2.68. The number of nitrogens with zero attached hydrogens (tertiary/aromatic N) is 1. The summed E-state index contributed by atoms with van der Waals surface area (Å²) in [5, 5.41) is 0. The minimum Gasteiger partial charge on any atom is -0.389 e. The van der Waals surface area contributed by atoms with Gasteiger partial charge in [-0.3, -0.25) is 0 Å². The van der Waals surface area contributed by atoms with Crippen molar-refractivity contribution in [3.05, 3.63) is 35.1 Å². The first-order valence-electron chi connectivity index (χ1n) is 5.46. The Hall–Kier alpha value is -1.05. The van der Waals surface area contributed by atoms with Gasteiger partial charge in [-0.2, -0.15) is 4.31 Å². The van der Waals surface area contributed by atoms with Crippen molar-refractivity contribution < 1.29 is 12.8 Å². The summed E-state index contributed by atoms with van der Waals surface area (Å²) in [7, 11) is -3.21. The van der Waals surface area contributed by atoms with Crippen LogP contribution in [-0.4, -0.2) is 30.0 Å². The SMILES string of the molecule is NC(=S)c1ccc(CN2CCCS2(=O)=O)c(F)c1. The van der Waals surface area contributed by atoms with Gasteiger partial charge in [-0.25, -0.2) is 12.8 Å². The molecule has 0 amide bonds. The summed E-state index contributed by atoms with van der Waals surface area (Å²) in [5.74, 6) is -0.345. The maximum absolute atomic E-state index is 13.8. The molecule has 2 rings (SSSR count). The standard InChI is InChI=1S/C11H13FN2O2S2/c12-10-6-8(11(13)17)2-3-9(10)7-14-4-1-5-18(14,15)16/h2-3,6H,1,4-5,7H2,(H2,13,17). The second kappa shape index (κ2) is 4.91. The number of hydrogen-bond donors (Lipinski definition) is 1. The number of rotatable bonds is 3. The zero-order valence-corrected chi connectivity index (χ0v) is 11.2. The molecule has 1 aromatic carbocycles. The fraction of sp³-hybridized carbons (Fsp3) is 0.364. The largest absolute Gasteiger partial charge is 0.389 e. The molecule has 0 aromatic heterocycles. The van der Waals surface area contributed by atoms with Gasteiger partial charge in [0.25, 0.3) is 0 Å². The summed E-state index contributed by atoms with van der Waals surface area (Å²) in [4.78, 5) is 0.120. The van der Waals surface area contributed by atoms with Crippen molar-refractivity contribution in [1.82, 2.24) is 4.31 Å². The van der Waals surface area contributed by atoms with Gasteiger partial charge < -0.3 is 5.73 Å². The van der Waals surface area contributed by atoms with E-state index < -0.39 is 15.8 Å². The molecule has 7 heteroatoms. The zero-order valence-electron chi connectivity index (χ0n) is 9.60. The molecule has 0 radical (unpaired) electrons. The Labute approximate surface area is 111 Å². The van der Waals surface area contributed by atoms with E-state index in [1.165, 1.54) is 16.4 Å². The lowest BCUT2D eigenvalue weighted by atomic mass is 10.1. The number of halogens is 1. The minimum absolute atomic E-state index is 0.0613. The van der Waals surface area contributed by atoms with Gasteiger partial charge in [0, 0.05) is 24.2 Å². The fourth-order valence-corrected chi connectivity index (χ4v) is 3.51. The molecule has 0 saturated carbocycles. The number of nitrogens with two attached hydrogens (primary N) is 1. The van der Waals surface area contributed by atoms with Crippen molar-refractivity contribution in [2.75, 3.05) is 12.3 Å². The lowest BCUT2D eigenvalue weighted by molar-refractivity contribution is 0.430. The molecule has 0 spiro atoms. The summed E-state index contributed by atoms with van der Waals surface area (Å²) < 4.78 is 38.3. The number of thiocarbonyl (C=S) groups is 1. The fourth-order valence-electron chi connectivity index (χ4n) is 1.89. The molecule has 0 atom stereocenters. The molecule has 1 aromatic rings. The van der Waals surface area contributed by atoms with E-state index in [4.69, 9.17) is 18.0 Å². The number of hydrogen-bond acceptors (Lipinski definition) is 3. The molecular formula is C11H13FN2O2S2. The van der Waals surface area contributed by atoms with E-state index in [9.17, 15) is 12.8 Å². The van der Waals surface area contributed by atoms with Crippen LogP contribution in [0.15, 0.2) is 18.2 Å². The Kier molecular flexibility index (Phi) is 3.65. The van der Waals surface area contributed by atoms with Crippen molar-refractivity contribution in [2.45, 2.75) is 13.0 Å². The van der Waals surface area contributed by atoms with Gasteiger partial charge in [-0.05, 0) is 12.5 Å². The highest BCUT2D eigenvalue weighted by Crippen LogP contribution is 2.19. The Balaban J connectivity index is 2.23. The second-order valence-electron chi connectivity index (χ2n) is 4.17. The van der Waals surface area contributed by atoms with E-state index >= 15 is 0 Å². The molecule has 1 saturated heterocycles. The molecule has 1 fully saturated rings. The monoisotopic (exact) mass is 288 g/mol. The van der Waals surface area contributed by atoms with Gasteiger partial charge in [0.1, 0.15) is 10.8 Å². The normalized spacial score (nSPS) is 18.9. The van der Waals surface area contributed by atoms with Crippen LogP contribution in [0.25, 0.3) is 0 Å². The maximum atomic E-state index is 13.8. The lowest BCUT2D eigenvalue weighted by Crippen LogP contribution is -2.25. The average molecular weight is 288 g/mol. The molecule has 0 unspecified atom stereocenters. The molecule has 1 aliphatic rings. The summed E-state index contributed by atoms with van der Waals surface area (Å²) in [6, 6.07) is 4.36. The Morgan fingerprint density at radius 3 is 2.72 bits per heavy atom. The van der Waals surface area contributed by atoms with Gasteiger partial charge in [0.2, 0.25) is 10.0 Å². The highest BCUT2D eigenvalue weighted by atomic mass is 32.2. The minimum atomic E-state index is -3.21. The first-order chi connectivity index (χ1) is 8.40. The highest BCUT2D eigenvalue weighted by Gasteiger charge is 2.28. The van der Waals surface area contributed by atoms with Crippen LogP contribution in [0.3, 0.4) is 0 Å². The first-order valence-corrected chi connectivity index (χ1v) is 7.48. The van der Waals surface area contributed by atoms with Crippen molar-refractivity contribution in [1.29, 1.82) is 0 Å². The molecule has 0 bridgehead atoms. The topological polar surface area (TPSA) is 63.4 Å². The summed E-state index contributed by atoms with van der Waals surface area (Å²) in [5.41, 5.74) is 6.17. The van der Waals surface area contributed by atoms with Crippen LogP contribution >= 0.6 is 12.2 Å². The van der Waals surface area contributed by atoms with Gasteiger partial charge in [0.05, 0.1) is 5.75 Å². The van der Waals surface area contributed by atoms with Crippen molar-refractivity contribution in [3.63, 3.8) is 0 Å². The predicted molar refractivity (Wildman–Crippen MR) is 71.1 cm³/mol. The van der Waals surface area contributed by atoms with Crippen LogP contribution in [0.1, 0.15) is 17.5 Å². The Morgan fingerprint density at radius 2 is 2.22 bits per heavy atom. The molecule has 2 N–H and O–H groups in total. The van der Waals surface area contributed by atoms with Gasteiger partial charge >= 0.3 is 0 Å². The molecule has 98 valence electrons. The molecular weight excluding hydrogens is 275 g/mol. The predicted octanol–water partition coefficient (Wildman–Crippen LogP) is 0.995. The van der Waals surface area contributed by atoms with E-state index in [1.54, 1.807) is 6.07 Å². The summed E-state index contributed by atoms with van der Waals surface area (Å²) >= 11 is 4.75. The Morgan fingerprint density at radius 1 is 1.50 bits per heavy atom. The number of benzene rings is 1. The molecule has 18 heavy (non-hydrogen) atoms. The zero-order chi connectivity index (χ0) is 13.3. The van der Waals surface area contributed by atoms with Gasteiger partial charge in [-0.1, -0.05) is 24.4 Å². The third-order valence-corrected chi connectivity index (χ3v) is 5.03. The average Bonchev–Trinajstić information content (AvgIpc) is 2.61. The summed E-state index contributed by atoms with van der Waals surface area (Å²) in [6.45, 7) is 0.505. The number of sulfonamides is 1. The smallest absolute Gasteiger partial charge is 0.214 e. The van der Waals surface area contributed by atoms with Crippen LogP contribution in [0.5, 0.6) is 0 Å². The Bertz CT molecular complexity index is 587. The molecule has 0 aliphatic carbocycles. The van der Waals surface area contributed by atoms with Crippen LogP contribution in [0, 0.1) is 5.82 Å². The van der Waals surface area contributed by atoms with E-state index in [1.807, 2.05) is 0 Å². The van der Waals surface area contributed by atoms with Crippen LogP contribution in [0.4, 0.5) is 4.39 Å². The van der Waals surface area contributed by atoms with Gasteiger partial charge in [0.15, 0.2) is 0 Å². The van der Waals surface area contributed by atoms with E-state index in [0.29, 0.717) is 24.1 Å². The quantitative estimate of drug-likeness (QED) is 0.843. The van der Waals surface area contributed by atoms with Crippen LogP contribution in [0.2, 0.25) is 0 Å². The van der Waals surface area contributed by atoms with Crippen molar-refractivity contribution in [3.8, 4) is 0 Å². The van der Waals surface area contributed by atoms with Crippen LogP contribution in [-0.2, 0) is 16.6 Å². The third-order valence-electron chi connectivity index (χ3n) is 2.89. The molecule has 1 heterocycles. The molecule has 1 aliphatic heterocycles. The highest BCUT2D eigenvalue weighted by molar-refractivity contribution is 7.89. The van der Waals surface area contributed by atoms with Crippen molar-refractivity contribution >= 4 is 27.2 Å². The lowest BCUT2D eigenvalue weighted by Gasteiger charge is -2.15. The first kappa shape index (κ1) is 13.4. The second-order valence-corrected chi connectivity index (χ2v) is 6.70. The van der Waals surface area contributed by atoms with Crippen molar-refractivity contribution in [2.24, 2.45) is 5.73 Å². The van der Waals surface area contributed by atoms with E-state index in [2.05, 4.69) is 0 Å². The maximum Gasteiger partial charge on any atom is 0.214 e. The van der Waals surface area contributed by atoms with E-state index in [-0.39, 0.29) is 17.3 Å². The molecule has 4 nitrogen and oxygen atoms in total. The van der Waals surface area contributed by atoms with Gasteiger partial charge in [-0.15, -0.1) is 0 Å². The summed E-state index contributed by atoms with van der Waals surface area (Å²) in [6.07, 6.45) is 0.592. The van der Waals surface area contributed by atoms with E-state index in [0.717, 1.165) is 0 Å². The van der Waals surface area contributed by atoms with Crippen LogP contribution < -0.4 is 5.73 Å².